The number of nitrogens with one attached hydrogen (secondary N) is 4. The Morgan fingerprint density at radius 2 is 1.78 bits per heavy atom. The number of urea groups is 1. The number of amides is 5. The monoisotopic (exact) mass is 674 g/mol. The van der Waals surface area contributed by atoms with Crippen molar-refractivity contribution in [3.8, 4) is 12.3 Å². The zero-order valence-corrected chi connectivity index (χ0v) is 29.2. The topological polar surface area (TPSA) is 167 Å². The molecule has 1 aliphatic heterocycles. The highest BCUT2D eigenvalue weighted by atomic mass is 16.2. The minimum atomic E-state index is -1.28. The first-order valence-corrected chi connectivity index (χ1v) is 17.1. The normalized spacial score (nSPS) is 23.0. The Morgan fingerprint density at radius 1 is 1.08 bits per heavy atom. The van der Waals surface area contributed by atoms with Gasteiger partial charge in [0.1, 0.15) is 23.8 Å². The van der Waals surface area contributed by atoms with E-state index in [1.165, 1.54) is 17.2 Å². The third-order valence-electron chi connectivity index (χ3n) is 10.3. The van der Waals surface area contributed by atoms with Crippen LogP contribution in [-0.2, 0) is 19.2 Å². The molecule has 1 aromatic rings. The average Bonchev–Trinajstić information content (AvgIpc) is 3.38. The number of carbonyl (C=O) groups is 6. The number of carbonyl (C=O) groups excluding carboxylic acids is 6. The number of likely N-dealkylation sites (tertiary alicyclic amines) is 1. The molecule has 5 amide bonds. The van der Waals surface area contributed by atoms with E-state index < -0.39 is 59.1 Å². The van der Waals surface area contributed by atoms with Crippen LogP contribution in [-0.4, -0.2) is 82.5 Å². The first kappa shape index (κ1) is 37.3. The number of nitrogens with zero attached hydrogens (tertiary/aromatic N) is 2. The molecule has 12 heteroatoms. The van der Waals surface area contributed by atoms with Crippen LogP contribution in [0.15, 0.2) is 37.1 Å². The Balaban J connectivity index is 1.55. The molecule has 12 nitrogen and oxygen atoms in total. The van der Waals surface area contributed by atoms with Crippen LogP contribution < -0.4 is 21.3 Å². The lowest BCUT2D eigenvalue weighted by molar-refractivity contribution is -0.145. The molecule has 4 N–H and O–H groups in total. The number of hydrogen-bond acceptors (Lipinski definition) is 7. The fourth-order valence-corrected chi connectivity index (χ4v) is 7.47. The molecule has 6 atom stereocenters. The van der Waals surface area contributed by atoms with Crippen molar-refractivity contribution in [1.82, 2.24) is 31.2 Å². The molecule has 49 heavy (non-hydrogen) atoms. The molecule has 264 valence electrons. The second-order valence-electron chi connectivity index (χ2n) is 15.1. The van der Waals surface area contributed by atoms with Gasteiger partial charge in [-0.15, -0.1) is 18.9 Å². The summed E-state index contributed by atoms with van der Waals surface area (Å²) in [5, 5.41) is 10.8. The van der Waals surface area contributed by atoms with E-state index in [0.717, 1.165) is 32.1 Å². The van der Waals surface area contributed by atoms with Gasteiger partial charge in [0.15, 0.2) is 0 Å². The van der Waals surface area contributed by atoms with Crippen LogP contribution >= 0.6 is 0 Å². The molecule has 3 fully saturated rings. The summed E-state index contributed by atoms with van der Waals surface area (Å²) < 4.78 is 0. The second-order valence-corrected chi connectivity index (χ2v) is 15.1. The maximum atomic E-state index is 14.4. The van der Waals surface area contributed by atoms with E-state index in [4.69, 9.17) is 6.42 Å². The van der Waals surface area contributed by atoms with Crippen LogP contribution in [0.4, 0.5) is 4.79 Å². The SMILES string of the molecule is C#CCC(NC(=O)[C@@H]1[C@@H]2[C@H](CN1C(=O)[C@@H](NC(=O)N[C@H](C(=O)c1ccccn1)C1CCCCC1)C(C)(C)C)C2(C)C)C(=O)C(=O)NCC=C. The zero-order valence-electron chi connectivity index (χ0n) is 29.2. The molecular formula is C37H50N6O6. The molecule has 3 aliphatic rings. The summed E-state index contributed by atoms with van der Waals surface area (Å²) in [5.41, 5.74) is -0.768. The van der Waals surface area contributed by atoms with Crippen molar-refractivity contribution in [3.63, 3.8) is 0 Å². The summed E-state index contributed by atoms with van der Waals surface area (Å²) in [6.45, 7) is 13.3. The number of hydrogen-bond donors (Lipinski definition) is 4. The molecule has 1 aromatic heterocycles. The Bertz CT molecular complexity index is 1490. The van der Waals surface area contributed by atoms with Gasteiger partial charge in [-0.1, -0.05) is 66.0 Å². The molecule has 0 spiro atoms. The van der Waals surface area contributed by atoms with E-state index in [-0.39, 0.29) is 54.2 Å². The smallest absolute Gasteiger partial charge is 0.316 e. The van der Waals surface area contributed by atoms with E-state index in [9.17, 15) is 28.8 Å². The minimum absolute atomic E-state index is 0.0194. The van der Waals surface area contributed by atoms with Crippen LogP contribution in [0.1, 0.15) is 83.6 Å². The van der Waals surface area contributed by atoms with Gasteiger partial charge in [0.25, 0.3) is 5.91 Å². The molecule has 0 bridgehead atoms. The predicted octanol–water partition coefficient (Wildman–Crippen LogP) is 2.79. The van der Waals surface area contributed by atoms with Crippen LogP contribution in [0.3, 0.4) is 0 Å². The first-order valence-electron chi connectivity index (χ1n) is 17.1. The Morgan fingerprint density at radius 3 is 2.37 bits per heavy atom. The number of piperidine rings is 1. The summed E-state index contributed by atoms with van der Waals surface area (Å²) >= 11 is 0. The van der Waals surface area contributed by atoms with Gasteiger partial charge in [-0.05, 0) is 53.6 Å². The Kier molecular flexibility index (Phi) is 11.7. The second kappa shape index (κ2) is 15.3. The number of pyridine rings is 1. The lowest BCUT2D eigenvalue weighted by Crippen LogP contribution is -2.62. The molecule has 2 heterocycles. The van der Waals surface area contributed by atoms with Crippen LogP contribution in [0, 0.1) is 40.9 Å². The molecule has 0 radical (unpaired) electrons. The fourth-order valence-electron chi connectivity index (χ4n) is 7.47. The van der Waals surface area contributed by atoms with E-state index in [2.05, 4.69) is 38.8 Å². The van der Waals surface area contributed by atoms with Crippen molar-refractivity contribution in [3.05, 3.63) is 42.7 Å². The number of terminal acetylenes is 1. The molecule has 0 aromatic carbocycles. The van der Waals surface area contributed by atoms with Gasteiger partial charge >= 0.3 is 6.03 Å². The summed E-state index contributed by atoms with van der Waals surface area (Å²) in [5.74, 6) is -1.04. The molecule has 2 saturated carbocycles. The van der Waals surface area contributed by atoms with Gasteiger partial charge in [0, 0.05) is 25.7 Å². The van der Waals surface area contributed by atoms with Crippen molar-refractivity contribution in [2.24, 2.45) is 28.6 Å². The van der Waals surface area contributed by atoms with Gasteiger partial charge in [-0.2, -0.15) is 0 Å². The maximum Gasteiger partial charge on any atom is 0.316 e. The molecular weight excluding hydrogens is 624 g/mol. The van der Waals surface area contributed by atoms with E-state index in [1.807, 2.05) is 34.6 Å². The number of Topliss-reactive ketones (excluding diaryl/α,β-unsaturated/α-hetero) is 2. The van der Waals surface area contributed by atoms with Crippen molar-refractivity contribution >= 4 is 35.3 Å². The van der Waals surface area contributed by atoms with Crippen LogP contribution in [0.5, 0.6) is 0 Å². The largest absolute Gasteiger partial charge is 0.346 e. The molecule has 4 rings (SSSR count). The number of aromatic nitrogens is 1. The van der Waals surface area contributed by atoms with Crippen molar-refractivity contribution < 1.29 is 28.8 Å². The van der Waals surface area contributed by atoms with Gasteiger partial charge in [0.05, 0.1) is 6.04 Å². The van der Waals surface area contributed by atoms with Crippen molar-refractivity contribution in [2.45, 2.75) is 97.3 Å². The summed E-state index contributed by atoms with van der Waals surface area (Å²) in [7, 11) is 0. The standard InChI is InChI=1S/C37H50N6O6/c1-8-15-25(30(45)33(47)39-19-9-2)40-32(46)28-26-23(37(26,6)7)21-43(28)34(48)31(36(3,4)5)42-35(49)41-27(22-16-11-10-12-17-22)29(44)24-18-13-14-20-38-24/h1,9,13-14,18,20,22-23,25-28,31H,2,10-12,15-17,19,21H2,3-7H3,(H,39,47)(H,40,46)(H2,41,42,49)/t23-,25?,26-,27-,28-,31+/m0/s1. The fraction of sp³-hybridized carbons (Fsp3) is 0.595. The lowest BCUT2D eigenvalue weighted by atomic mass is 9.81. The molecule has 1 saturated heterocycles. The summed E-state index contributed by atoms with van der Waals surface area (Å²) in [6.07, 6.45) is 12.8. The van der Waals surface area contributed by atoms with Gasteiger partial charge in [-0.25, -0.2) is 4.79 Å². The van der Waals surface area contributed by atoms with Gasteiger partial charge in [0.2, 0.25) is 23.4 Å². The summed E-state index contributed by atoms with van der Waals surface area (Å²) in [6, 6.07) is 0.292. The third kappa shape index (κ3) is 8.38. The molecule has 2 aliphatic carbocycles. The van der Waals surface area contributed by atoms with Gasteiger partial charge < -0.3 is 26.2 Å². The highest BCUT2D eigenvalue weighted by molar-refractivity contribution is 6.38. The van der Waals surface area contributed by atoms with Crippen LogP contribution in [0.2, 0.25) is 0 Å². The lowest BCUT2D eigenvalue weighted by Gasteiger charge is -2.38. The average molecular weight is 675 g/mol. The predicted molar refractivity (Wildman–Crippen MR) is 184 cm³/mol. The van der Waals surface area contributed by atoms with Crippen LogP contribution in [0.25, 0.3) is 0 Å². The van der Waals surface area contributed by atoms with E-state index in [1.54, 1.807) is 18.2 Å². The van der Waals surface area contributed by atoms with Gasteiger partial charge in [-0.3, -0.25) is 29.0 Å². The Labute approximate surface area is 289 Å². The first-order chi connectivity index (χ1) is 23.1. The number of ketones is 2. The highest BCUT2D eigenvalue weighted by Gasteiger charge is 2.70. The third-order valence-corrected chi connectivity index (χ3v) is 10.3. The molecule has 1 unspecified atom stereocenters. The van der Waals surface area contributed by atoms with E-state index >= 15 is 0 Å². The van der Waals surface area contributed by atoms with E-state index in [0.29, 0.717) is 0 Å². The summed E-state index contributed by atoms with van der Waals surface area (Å²) in [4.78, 5) is 86.6. The minimum Gasteiger partial charge on any atom is -0.346 e. The Hall–Kier alpha value is -4.53. The van der Waals surface area contributed by atoms with Crippen molar-refractivity contribution in [1.29, 1.82) is 0 Å². The number of fused-ring (bicyclic) bond motifs is 1. The maximum absolute atomic E-state index is 14.4. The zero-order chi connectivity index (χ0) is 36.1. The highest BCUT2D eigenvalue weighted by Crippen LogP contribution is 2.65. The quantitative estimate of drug-likeness (QED) is 0.108. The number of rotatable bonds is 13. The van der Waals surface area contributed by atoms with Crippen molar-refractivity contribution in [2.75, 3.05) is 13.1 Å².